The summed E-state index contributed by atoms with van der Waals surface area (Å²) in [5.74, 6) is 0. The first-order chi connectivity index (χ1) is 6.83. The van der Waals surface area contributed by atoms with Gasteiger partial charge in [0.05, 0.1) is 0 Å². The van der Waals surface area contributed by atoms with Gasteiger partial charge in [0.1, 0.15) is 0 Å². The van der Waals surface area contributed by atoms with Crippen molar-refractivity contribution in [1.82, 2.24) is 0 Å². The molecular weight excluding hydrogens is 188 g/mol. The molecule has 0 aliphatic heterocycles. The molecule has 0 aliphatic rings. The summed E-state index contributed by atoms with van der Waals surface area (Å²) < 4.78 is 1.36. The van der Waals surface area contributed by atoms with E-state index in [1.807, 2.05) is 23.5 Å². The van der Waals surface area contributed by atoms with Gasteiger partial charge in [0.15, 0.2) is 0 Å². The molecule has 2 aromatic rings. The molecule has 1 heterocycles. The van der Waals surface area contributed by atoms with Crippen LogP contribution in [-0.4, -0.2) is 0 Å². The fraction of sp³-hybridized carbons (Fsp3) is 0.0769. The Hall–Kier alpha value is -1.34. The molecule has 1 heteroatoms. The lowest BCUT2D eigenvalue weighted by atomic mass is 10.1. The lowest BCUT2D eigenvalue weighted by Gasteiger charge is -1.89. The maximum absolute atomic E-state index is 3.68. The van der Waals surface area contributed by atoms with Crippen LogP contribution in [-0.2, 0) is 0 Å². The Morgan fingerprint density at radius 1 is 1.29 bits per heavy atom. The third-order valence-electron chi connectivity index (χ3n) is 2.26. The van der Waals surface area contributed by atoms with E-state index in [0.29, 0.717) is 0 Å². The van der Waals surface area contributed by atoms with Crippen molar-refractivity contribution in [3.63, 3.8) is 0 Å². The van der Waals surface area contributed by atoms with Gasteiger partial charge in [-0.25, -0.2) is 0 Å². The largest absolute Gasteiger partial charge is 0.136 e. The van der Waals surface area contributed by atoms with Crippen LogP contribution in [0.2, 0.25) is 0 Å². The minimum atomic E-state index is 1.33. The number of hydrogen-bond acceptors (Lipinski definition) is 1. The maximum atomic E-state index is 3.68. The van der Waals surface area contributed by atoms with E-state index >= 15 is 0 Å². The maximum Gasteiger partial charge on any atom is 0.0351 e. The summed E-state index contributed by atoms with van der Waals surface area (Å²) in [7, 11) is 0. The average Bonchev–Trinajstić information content (AvgIpc) is 2.54. The summed E-state index contributed by atoms with van der Waals surface area (Å²) in [5, 5.41) is 1.36. The highest BCUT2D eigenvalue weighted by Crippen LogP contribution is 2.31. The Bertz CT molecular complexity index is 489. The number of benzene rings is 1. The number of hydrogen-bond donors (Lipinski definition) is 0. The molecule has 0 spiro atoms. The zero-order valence-corrected chi connectivity index (χ0v) is 8.97. The van der Waals surface area contributed by atoms with E-state index in [4.69, 9.17) is 0 Å². The SMILES string of the molecule is C=C/C=C\c1sc2ccccc2c1C. The Morgan fingerprint density at radius 2 is 2.07 bits per heavy atom. The van der Waals surface area contributed by atoms with Gasteiger partial charge < -0.3 is 0 Å². The summed E-state index contributed by atoms with van der Waals surface area (Å²) in [6, 6.07) is 8.51. The number of aryl methyl sites for hydroxylation is 1. The molecule has 0 radical (unpaired) electrons. The first-order valence-electron chi connectivity index (χ1n) is 4.60. The lowest BCUT2D eigenvalue weighted by molar-refractivity contribution is 1.57. The third kappa shape index (κ3) is 1.51. The molecule has 0 amide bonds. The summed E-state index contributed by atoms with van der Waals surface area (Å²) in [6.45, 7) is 5.85. The summed E-state index contributed by atoms with van der Waals surface area (Å²) in [5.41, 5.74) is 1.36. The van der Waals surface area contributed by atoms with E-state index in [9.17, 15) is 0 Å². The second-order valence-corrected chi connectivity index (χ2v) is 4.27. The molecule has 1 aromatic heterocycles. The van der Waals surface area contributed by atoms with Gasteiger partial charge in [-0.3, -0.25) is 0 Å². The standard InChI is InChI=1S/C13H12S/c1-3-4-8-12-10(2)11-7-5-6-9-13(11)14-12/h3-9H,1H2,2H3/b8-4-. The summed E-state index contributed by atoms with van der Waals surface area (Å²) >= 11 is 1.83. The number of thiophene rings is 1. The minimum Gasteiger partial charge on any atom is -0.136 e. The predicted octanol–water partition coefficient (Wildman–Crippen LogP) is 4.41. The van der Waals surface area contributed by atoms with Crippen LogP contribution in [0.15, 0.2) is 43.0 Å². The molecule has 0 unspecified atom stereocenters. The predicted molar refractivity (Wildman–Crippen MR) is 65.8 cm³/mol. The van der Waals surface area contributed by atoms with Crippen LogP contribution in [0.3, 0.4) is 0 Å². The molecule has 70 valence electrons. The van der Waals surface area contributed by atoms with E-state index in [2.05, 4.69) is 43.8 Å². The molecule has 0 N–H and O–H groups in total. The van der Waals surface area contributed by atoms with Crippen LogP contribution >= 0.6 is 11.3 Å². The van der Waals surface area contributed by atoms with Crippen molar-refractivity contribution in [2.75, 3.05) is 0 Å². The van der Waals surface area contributed by atoms with Crippen LogP contribution in [0.5, 0.6) is 0 Å². The second-order valence-electron chi connectivity index (χ2n) is 3.18. The molecular formula is C13H12S. The first kappa shape index (κ1) is 9.22. The monoisotopic (exact) mass is 200 g/mol. The van der Waals surface area contributed by atoms with Crippen LogP contribution in [0.1, 0.15) is 10.4 Å². The highest BCUT2D eigenvalue weighted by atomic mass is 32.1. The van der Waals surface area contributed by atoms with Crippen molar-refractivity contribution in [3.8, 4) is 0 Å². The number of rotatable bonds is 2. The Balaban J connectivity index is 2.62. The fourth-order valence-corrected chi connectivity index (χ4v) is 2.63. The molecule has 2 rings (SSSR count). The Kier molecular flexibility index (Phi) is 2.51. The second kappa shape index (κ2) is 3.81. The fourth-order valence-electron chi connectivity index (χ4n) is 1.51. The lowest BCUT2D eigenvalue weighted by Crippen LogP contribution is -1.69. The van der Waals surface area contributed by atoms with Crippen molar-refractivity contribution in [1.29, 1.82) is 0 Å². The normalized spacial score (nSPS) is 11.2. The van der Waals surface area contributed by atoms with Crippen molar-refractivity contribution >= 4 is 27.5 Å². The molecule has 0 aliphatic carbocycles. The van der Waals surface area contributed by atoms with Gasteiger partial charge in [-0.2, -0.15) is 0 Å². The molecule has 0 bridgehead atoms. The van der Waals surface area contributed by atoms with Crippen molar-refractivity contribution < 1.29 is 0 Å². The summed E-state index contributed by atoms with van der Waals surface area (Å²) in [4.78, 5) is 1.33. The van der Waals surface area contributed by atoms with E-state index in [1.165, 1.54) is 20.5 Å². The smallest absolute Gasteiger partial charge is 0.0351 e. The highest BCUT2D eigenvalue weighted by molar-refractivity contribution is 7.20. The van der Waals surface area contributed by atoms with E-state index < -0.39 is 0 Å². The van der Waals surface area contributed by atoms with Crippen LogP contribution in [0.25, 0.3) is 16.2 Å². The average molecular weight is 200 g/mol. The Morgan fingerprint density at radius 3 is 2.79 bits per heavy atom. The first-order valence-corrected chi connectivity index (χ1v) is 5.42. The van der Waals surface area contributed by atoms with Crippen molar-refractivity contribution in [3.05, 3.63) is 53.4 Å². The van der Waals surface area contributed by atoms with Crippen LogP contribution in [0.4, 0.5) is 0 Å². The number of fused-ring (bicyclic) bond motifs is 1. The molecule has 0 saturated heterocycles. The topological polar surface area (TPSA) is 0 Å². The van der Waals surface area contributed by atoms with Crippen LogP contribution < -0.4 is 0 Å². The molecule has 0 atom stereocenters. The molecule has 1 aromatic carbocycles. The van der Waals surface area contributed by atoms with E-state index in [-0.39, 0.29) is 0 Å². The van der Waals surface area contributed by atoms with Crippen molar-refractivity contribution in [2.45, 2.75) is 6.92 Å². The molecule has 14 heavy (non-hydrogen) atoms. The van der Waals surface area contributed by atoms with Gasteiger partial charge >= 0.3 is 0 Å². The van der Waals surface area contributed by atoms with Gasteiger partial charge in [-0.1, -0.05) is 36.9 Å². The zero-order chi connectivity index (χ0) is 9.97. The Labute approximate surface area is 88.2 Å². The van der Waals surface area contributed by atoms with Crippen LogP contribution in [0, 0.1) is 6.92 Å². The van der Waals surface area contributed by atoms with Gasteiger partial charge in [0.2, 0.25) is 0 Å². The van der Waals surface area contributed by atoms with Gasteiger partial charge in [0.25, 0.3) is 0 Å². The molecule has 0 saturated carbocycles. The minimum absolute atomic E-state index is 1.33. The zero-order valence-electron chi connectivity index (χ0n) is 8.16. The number of allylic oxidation sites excluding steroid dienone is 2. The van der Waals surface area contributed by atoms with E-state index in [1.54, 1.807) is 0 Å². The van der Waals surface area contributed by atoms with Crippen molar-refractivity contribution in [2.24, 2.45) is 0 Å². The quantitative estimate of drug-likeness (QED) is 0.630. The summed E-state index contributed by atoms with van der Waals surface area (Å²) in [6.07, 6.45) is 5.91. The van der Waals surface area contributed by atoms with E-state index in [0.717, 1.165) is 0 Å². The van der Waals surface area contributed by atoms with Gasteiger partial charge in [0, 0.05) is 9.58 Å². The molecule has 0 nitrogen and oxygen atoms in total. The highest BCUT2D eigenvalue weighted by Gasteiger charge is 2.03. The van der Waals surface area contributed by atoms with Gasteiger partial charge in [-0.15, -0.1) is 11.3 Å². The molecule has 0 fully saturated rings. The van der Waals surface area contributed by atoms with Gasteiger partial charge in [-0.05, 0) is 30.0 Å². The third-order valence-corrected chi connectivity index (χ3v) is 3.50.